The lowest BCUT2D eigenvalue weighted by Crippen LogP contribution is -1.91. The summed E-state index contributed by atoms with van der Waals surface area (Å²) in [6, 6.07) is 3.75. The van der Waals surface area contributed by atoms with Crippen molar-refractivity contribution in [2.75, 3.05) is 6.61 Å². The predicted octanol–water partition coefficient (Wildman–Crippen LogP) is 1.03. The molecule has 1 aromatic carbocycles. The average Bonchev–Trinajstić information content (AvgIpc) is 2.20. The van der Waals surface area contributed by atoms with Gasteiger partial charge in [0.2, 0.25) is 0 Å². The molecule has 0 aromatic heterocycles. The van der Waals surface area contributed by atoms with Crippen LogP contribution in [0.4, 0.5) is 5.69 Å². The van der Waals surface area contributed by atoms with E-state index in [0.29, 0.717) is 0 Å². The monoisotopic (exact) mass is 207 g/mol. The van der Waals surface area contributed by atoms with Gasteiger partial charge in [0.15, 0.2) is 0 Å². The molecule has 0 aliphatic rings. The van der Waals surface area contributed by atoms with Gasteiger partial charge in [-0.15, -0.1) is 0 Å². The third-order valence-corrected chi connectivity index (χ3v) is 1.64. The molecular formula is C10H9NO4. The number of rotatable bonds is 2. The van der Waals surface area contributed by atoms with Crippen molar-refractivity contribution in [2.24, 2.45) is 0 Å². The van der Waals surface area contributed by atoms with Crippen molar-refractivity contribution >= 4 is 5.69 Å². The minimum absolute atomic E-state index is 0.0844. The van der Waals surface area contributed by atoms with E-state index in [1.165, 1.54) is 12.1 Å². The van der Waals surface area contributed by atoms with Crippen LogP contribution in [0.2, 0.25) is 0 Å². The summed E-state index contributed by atoms with van der Waals surface area (Å²) in [6.45, 7) is -0.0844. The molecular weight excluding hydrogens is 198 g/mol. The molecule has 0 spiro atoms. The second kappa shape index (κ2) is 4.98. The zero-order chi connectivity index (χ0) is 11.3. The lowest BCUT2D eigenvalue weighted by Gasteiger charge is -1.96. The lowest BCUT2D eigenvalue weighted by atomic mass is 10.1. The Bertz CT molecular complexity index is 431. The van der Waals surface area contributed by atoms with E-state index in [0.717, 1.165) is 6.07 Å². The number of aliphatic hydroxyl groups excluding tert-OH is 1. The molecule has 0 aliphatic heterocycles. The fourth-order valence-corrected chi connectivity index (χ4v) is 0.990. The second-order valence-corrected chi connectivity index (χ2v) is 2.73. The summed E-state index contributed by atoms with van der Waals surface area (Å²) >= 11 is 0. The Hall–Kier alpha value is -2.06. The van der Waals surface area contributed by atoms with Gasteiger partial charge >= 0.3 is 0 Å². The number of nitro groups is 1. The van der Waals surface area contributed by atoms with Gasteiger partial charge in [-0.3, -0.25) is 10.1 Å². The Kier molecular flexibility index (Phi) is 3.66. The molecule has 5 nitrogen and oxygen atoms in total. The normalized spacial score (nSPS) is 9.13. The number of hydrogen-bond acceptors (Lipinski definition) is 4. The van der Waals surface area contributed by atoms with Gasteiger partial charge in [0, 0.05) is 6.42 Å². The van der Waals surface area contributed by atoms with Crippen LogP contribution in [0.25, 0.3) is 0 Å². The van der Waals surface area contributed by atoms with Crippen LogP contribution in [-0.4, -0.2) is 21.7 Å². The molecule has 15 heavy (non-hydrogen) atoms. The minimum atomic E-state index is -0.608. The number of aromatic hydroxyl groups is 1. The highest BCUT2D eigenvalue weighted by atomic mass is 16.6. The Balaban J connectivity index is 3.08. The highest BCUT2D eigenvalue weighted by Crippen LogP contribution is 2.22. The minimum Gasteiger partial charge on any atom is -0.508 e. The first-order valence-corrected chi connectivity index (χ1v) is 4.22. The maximum absolute atomic E-state index is 10.6. The van der Waals surface area contributed by atoms with Crippen molar-refractivity contribution in [2.45, 2.75) is 6.42 Å². The van der Waals surface area contributed by atoms with Crippen LogP contribution >= 0.6 is 0 Å². The molecule has 1 aromatic rings. The van der Waals surface area contributed by atoms with Crippen LogP contribution < -0.4 is 0 Å². The first-order valence-electron chi connectivity index (χ1n) is 4.22. The van der Waals surface area contributed by atoms with Gasteiger partial charge in [-0.2, -0.15) is 0 Å². The summed E-state index contributed by atoms with van der Waals surface area (Å²) in [5.74, 6) is 4.97. The second-order valence-electron chi connectivity index (χ2n) is 2.73. The quantitative estimate of drug-likeness (QED) is 0.431. The maximum atomic E-state index is 10.6. The Morgan fingerprint density at radius 3 is 2.80 bits per heavy atom. The molecule has 0 bridgehead atoms. The van der Waals surface area contributed by atoms with Gasteiger partial charge in [-0.05, 0) is 12.1 Å². The summed E-state index contributed by atoms with van der Waals surface area (Å²) in [5.41, 5.74) is -0.00769. The molecule has 78 valence electrons. The van der Waals surface area contributed by atoms with Gasteiger partial charge < -0.3 is 10.2 Å². The van der Waals surface area contributed by atoms with Crippen molar-refractivity contribution in [1.82, 2.24) is 0 Å². The van der Waals surface area contributed by atoms with E-state index >= 15 is 0 Å². The summed E-state index contributed by atoms with van der Waals surface area (Å²) in [7, 11) is 0. The van der Waals surface area contributed by atoms with E-state index in [1.54, 1.807) is 0 Å². The molecule has 1 rings (SSSR count). The molecule has 0 amide bonds. The largest absolute Gasteiger partial charge is 0.508 e. The van der Waals surface area contributed by atoms with Crippen molar-refractivity contribution in [3.63, 3.8) is 0 Å². The highest BCUT2D eigenvalue weighted by Gasteiger charge is 2.12. The van der Waals surface area contributed by atoms with E-state index < -0.39 is 4.92 Å². The van der Waals surface area contributed by atoms with Crippen LogP contribution in [0.15, 0.2) is 18.2 Å². The molecule has 0 saturated heterocycles. The maximum Gasteiger partial charge on any atom is 0.288 e. The third kappa shape index (κ3) is 2.97. The number of aliphatic hydroxyl groups is 1. The van der Waals surface area contributed by atoms with E-state index in [-0.39, 0.29) is 30.0 Å². The molecule has 0 fully saturated rings. The van der Waals surface area contributed by atoms with Crippen LogP contribution in [0.5, 0.6) is 5.75 Å². The van der Waals surface area contributed by atoms with Crippen LogP contribution in [-0.2, 0) is 0 Å². The van der Waals surface area contributed by atoms with Crippen molar-refractivity contribution in [3.8, 4) is 17.6 Å². The molecule has 0 unspecified atom stereocenters. The molecule has 0 atom stereocenters. The summed E-state index contributed by atoms with van der Waals surface area (Å²) < 4.78 is 0. The molecule has 5 heteroatoms. The van der Waals surface area contributed by atoms with E-state index in [9.17, 15) is 10.1 Å². The number of nitrogens with zero attached hydrogens (tertiary/aromatic N) is 1. The standard InChI is InChI=1S/C10H9NO4/c12-6-2-1-3-8-4-5-9(13)7-10(8)11(14)15/h4-5,7,12-13H,2,6H2. The van der Waals surface area contributed by atoms with Crippen LogP contribution in [0.3, 0.4) is 0 Å². The molecule has 0 aliphatic carbocycles. The molecule has 0 saturated carbocycles. The predicted molar refractivity (Wildman–Crippen MR) is 53.3 cm³/mol. The van der Waals surface area contributed by atoms with Crippen LogP contribution in [0.1, 0.15) is 12.0 Å². The lowest BCUT2D eigenvalue weighted by molar-refractivity contribution is -0.385. The molecule has 2 N–H and O–H groups in total. The van der Waals surface area contributed by atoms with Gasteiger partial charge in [-0.25, -0.2) is 0 Å². The number of nitro benzene ring substituents is 1. The first-order chi connectivity index (χ1) is 7.15. The van der Waals surface area contributed by atoms with Crippen molar-refractivity contribution in [3.05, 3.63) is 33.9 Å². The van der Waals surface area contributed by atoms with Crippen molar-refractivity contribution < 1.29 is 15.1 Å². The van der Waals surface area contributed by atoms with E-state index in [4.69, 9.17) is 10.2 Å². The highest BCUT2D eigenvalue weighted by molar-refractivity contribution is 5.53. The van der Waals surface area contributed by atoms with Gasteiger partial charge in [0.1, 0.15) is 11.3 Å². The Morgan fingerprint density at radius 1 is 1.47 bits per heavy atom. The Labute approximate surface area is 86.1 Å². The van der Waals surface area contributed by atoms with Crippen LogP contribution in [0, 0.1) is 22.0 Å². The molecule has 0 heterocycles. The summed E-state index contributed by atoms with van der Waals surface area (Å²) in [4.78, 5) is 9.98. The Morgan fingerprint density at radius 2 is 2.20 bits per heavy atom. The fourth-order valence-electron chi connectivity index (χ4n) is 0.990. The van der Waals surface area contributed by atoms with Gasteiger partial charge in [0.05, 0.1) is 17.6 Å². The zero-order valence-corrected chi connectivity index (χ0v) is 7.80. The smallest absolute Gasteiger partial charge is 0.288 e. The number of phenolic OH excluding ortho intramolecular Hbond substituents is 1. The first kappa shape index (κ1) is 11.0. The summed E-state index contributed by atoms with van der Waals surface area (Å²) in [6.07, 6.45) is 0.262. The SMILES string of the molecule is O=[N+]([O-])c1cc(O)ccc1C#CCCO. The molecule has 0 radical (unpaired) electrons. The van der Waals surface area contributed by atoms with E-state index in [1.807, 2.05) is 0 Å². The topological polar surface area (TPSA) is 83.6 Å². The number of hydrogen-bond donors (Lipinski definition) is 2. The van der Waals surface area contributed by atoms with Crippen molar-refractivity contribution in [1.29, 1.82) is 0 Å². The fraction of sp³-hybridized carbons (Fsp3) is 0.200. The zero-order valence-electron chi connectivity index (χ0n) is 7.80. The summed E-state index contributed by atoms with van der Waals surface area (Å²) in [5, 5.41) is 28.1. The van der Waals surface area contributed by atoms with Gasteiger partial charge in [-0.1, -0.05) is 11.8 Å². The number of benzene rings is 1. The number of phenols is 1. The van der Waals surface area contributed by atoms with Gasteiger partial charge in [0.25, 0.3) is 5.69 Å². The third-order valence-electron chi connectivity index (χ3n) is 1.64. The van der Waals surface area contributed by atoms with E-state index in [2.05, 4.69) is 11.8 Å². The average molecular weight is 207 g/mol.